The van der Waals surface area contributed by atoms with Gasteiger partial charge in [0.25, 0.3) is 0 Å². The number of pyridine rings is 1. The van der Waals surface area contributed by atoms with E-state index in [4.69, 9.17) is 27.9 Å². The predicted octanol–water partition coefficient (Wildman–Crippen LogP) is 4.45. The average molecular weight is 283 g/mol. The number of hydrogen-bond donors (Lipinski definition) is 1. The summed E-state index contributed by atoms with van der Waals surface area (Å²) in [5.74, 6) is 1.31. The molecule has 3 nitrogen and oxygen atoms in total. The zero-order valence-corrected chi connectivity index (χ0v) is 11.5. The van der Waals surface area contributed by atoms with Crippen molar-refractivity contribution in [3.63, 3.8) is 0 Å². The first-order valence-electron chi connectivity index (χ1n) is 5.34. The first kappa shape index (κ1) is 13.0. The highest BCUT2D eigenvalue weighted by molar-refractivity contribution is 6.31. The zero-order chi connectivity index (χ0) is 13.1. The van der Waals surface area contributed by atoms with Crippen LogP contribution in [0.3, 0.4) is 0 Å². The summed E-state index contributed by atoms with van der Waals surface area (Å²) in [6, 6.07) is 9.05. The maximum absolute atomic E-state index is 6.05. The van der Waals surface area contributed by atoms with Gasteiger partial charge in [0.2, 0.25) is 0 Å². The van der Waals surface area contributed by atoms with E-state index in [1.807, 2.05) is 25.1 Å². The van der Waals surface area contributed by atoms with Crippen molar-refractivity contribution in [2.45, 2.75) is 6.92 Å². The van der Waals surface area contributed by atoms with Gasteiger partial charge in [0, 0.05) is 11.1 Å². The van der Waals surface area contributed by atoms with Crippen LogP contribution in [0.2, 0.25) is 10.2 Å². The van der Waals surface area contributed by atoms with Crippen LogP contribution in [0.15, 0.2) is 30.3 Å². The average Bonchev–Trinajstić information content (AvgIpc) is 2.33. The maximum Gasteiger partial charge on any atom is 0.143 e. The molecule has 0 aliphatic heterocycles. The molecule has 0 aliphatic carbocycles. The number of nitrogens with zero attached hydrogens (tertiary/aromatic N) is 1. The van der Waals surface area contributed by atoms with Crippen molar-refractivity contribution in [2.24, 2.45) is 0 Å². The molecule has 0 spiro atoms. The first-order chi connectivity index (χ1) is 8.60. The predicted molar refractivity (Wildman–Crippen MR) is 75.3 cm³/mol. The lowest BCUT2D eigenvalue weighted by molar-refractivity contribution is 0.416. The minimum absolute atomic E-state index is 0.435. The molecule has 1 aromatic heterocycles. The van der Waals surface area contributed by atoms with Crippen molar-refractivity contribution in [3.8, 4) is 5.75 Å². The van der Waals surface area contributed by atoms with Crippen LogP contribution < -0.4 is 10.1 Å². The molecular weight excluding hydrogens is 271 g/mol. The number of methoxy groups -OCH3 is 1. The Balaban J connectivity index is 2.36. The Bertz CT molecular complexity index is 573. The van der Waals surface area contributed by atoms with E-state index in [0.29, 0.717) is 21.7 Å². The highest BCUT2D eigenvalue weighted by Gasteiger charge is 2.07. The van der Waals surface area contributed by atoms with Gasteiger partial charge in [0.05, 0.1) is 12.8 Å². The quantitative estimate of drug-likeness (QED) is 0.845. The minimum Gasteiger partial charge on any atom is -0.495 e. The van der Waals surface area contributed by atoms with E-state index < -0.39 is 0 Å². The molecule has 0 radical (unpaired) electrons. The van der Waals surface area contributed by atoms with Crippen molar-refractivity contribution in [1.82, 2.24) is 4.98 Å². The van der Waals surface area contributed by atoms with Gasteiger partial charge in [-0.15, -0.1) is 0 Å². The minimum atomic E-state index is 0.435. The first-order valence-corrected chi connectivity index (χ1v) is 6.09. The summed E-state index contributed by atoms with van der Waals surface area (Å²) in [5, 5.41) is 4.25. The number of hydrogen-bond acceptors (Lipinski definition) is 3. The van der Waals surface area contributed by atoms with Crippen LogP contribution in [0.1, 0.15) is 5.56 Å². The lowest BCUT2D eigenvalue weighted by Crippen LogP contribution is -1.97. The third-order valence-corrected chi connectivity index (χ3v) is 3.08. The fourth-order valence-corrected chi connectivity index (χ4v) is 1.86. The van der Waals surface area contributed by atoms with Crippen LogP contribution in [0.5, 0.6) is 5.75 Å². The second-order valence-corrected chi connectivity index (χ2v) is 4.57. The van der Waals surface area contributed by atoms with E-state index in [-0.39, 0.29) is 0 Å². The Morgan fingerprint density at radius 3 is 2.67 bits per heavy atom. The molecule has 2 aromatic rings. The molecule has 1 N–H and O–H groups in total. The molecule has 94 valence electrons. The van der Waals surface area contributed by atoms with Crippen LogP contribution in [0, 0.1) is 6.92 Å². The Morgan fingerprint density at radius 2 is 2.00 bits per heavy atom. The van der Waals surface area contributed by atoms with E-state index in [0.717, 1.165) is 11.3 Å². The number of anilines is 2. The zero-order valence-electron chi connectivity index (χ0n) is 10.00. The molecule has 1 aromatic carbocycles. The van der Waals surface area contributed by atoms with Gasteiger partial charge in [-0.3, -0.25) is 0 Å². The third-order valence-electron chi connectivity index (χ3n) is 2.46. The van der Waals surface area contributed by atoms with Gasteiger partial charge in [-0.1, -0.05) is 29.3 Å². The molecule has 0 aliphatic rings. The summed E-state index contributed by atoms with van der Waals surface area (Å²) in [5.41, 5.74) is 1.76. The Hall–Kier alpha value is -1.45. The summed E-state index contributed by atoms with van der Waals surface area (Å²) >= 11 is 11.9. The molecule has 0 unspecified atom stereocenters. The Kier molecular flexibility index (Phi) is 3.94. The molecule has 0 saturated carbocycles. The molecule has 0 saturated heterocycles. The summed E-state index contributed by atoms with van der Waals surface area (Å²) < 4.78 is 5.28. The number of benzene rings is 1. The van der Waals surface area contributed by atoms with Gasteiger partial charge in [-0.2, -0.15) is 0 Å². The standard InChI is InChI=1S/C13H12Cl2N2O/c1-8-6-10(11(18-2)7-9(8)14)16-13-5-3-4-12(15)17-13/h3-7H,1-2H3,(H,16,17). The smallest absolute Gasteiger partial charge is 0.143 e. The highest BCUT2D eigenvalue weighted by atomic mass is 35.5. The highest BCUT2D eigenvalue weighted by Crippen LogP contribution is 2.32. The lowest BCUT2D eigenvalue weighted by Gasteiger charge is -2.12. The van der Waals surface area contributed by atoms with Crippen molar-refractivity contribution in [2.75, 3.05) is 12.4 Å². The molecule has 0 fully saturated rings. The second kappa shape index (κ2) is 5.46. The number of nitrogens with one attached hydrogen (secondary N) is 1. The van der Waals surface area contributed by atoms with E-state index >= 15 is 0 Å². The van der Waals surface area contributed by atoms with Gasteiger partial charge in [0.1, 0.15) is 16.7 Å². The summed E-state index contributed by atoms with van der Waals surface area (Å²) in [6.07, 6.45) is 0. The normalized spacial score (nSPS) is 10.2. The van der Waals surface area contributed by atoms with Crippen molar-refractivity contribution >= 4 is 34.7 Å². The molecule has 5 heteroatoms. The molecule has 2 rings (SSSR count). The monoisotopic (exact) mass is 282 g/mol. The van der Waals surface area contributed by atoms with Crippen molar-refractivity contribution in [1.29, 1.82) is 0 Å². The molecule has 0 atom stereocenters. The second-order valence-electron chi connectivity index (χ2n) is 3.77. The van der Waals surface area contributed by atoms with Crippen LogP contribution in [-0.4, -0.2) is 12.1 Å². The topological polar surface area (TPSA) is 34.1 Å². The van der Waals surface area contributed by atoms with E-state index in [9.17, 15) is 0 Å². The van der Waals surface area contributed by atoms with Crippen LogP contribution in [0.25, 0.3) is 0 Å². The van der Waals surface area contributed by atoms with Gasteiger partial charge < -0.3 is 10.1 Å². The van der Waals surface area contributed by atoms with Crippen molar-refractivity contribution in [3.05, 3.63) is 46.1 Å². The largest absolute Gasteiger partial charge is 0.495 e. The molecule has 18 heavy (non-hydrogen) atoms. The van der Waals surface area contributed by atoms with Gasteiger partial charge >= 0.3 is 0 Å². The van der Waals surface area contributed by atoms with E-state index in [2.05, 4.69) is 10.3 Å². The fraction of sp³-hybridized carbons (Fsp3) is 0.154. The van der Waals surface area contributed by atoms with Crippen molar-refractivity contribution < 1.29 is 4.74 Å². The number of halogens is 2. The fourth-order valence-electron chi connectivity index (χ4n) is 1.55. The third kappa shape index (κ3) is 2.86. The van der Waals surface area contributed by atoms with E-state index in [1.165, 1.54) is 0 Å². The molecular formula is C13H12Cl2N2O. The Labute approximate surface area is 116 Å². The van der Waals surface area contributed by atoms with Gasteiger partial charge in [-0.25, -0.2) is 4.98 Å². The van der Waals surface area contributed by atoms with E-state index in [1.54, 1.807) is 19.2 Å². The van der Waals surface area contributed by atoms with Crippen LogP contribution in [-0.2, 0) is 0 Å². The number of rotatable bonds is 3. The summed E-state index contributed by atoms with van der Waals surface area (Å²) in [6.45, 7) is 1.93. The van der Waals surface area contributed by atoms with Gasteiger partial charge in [0.15, 0.2) is 0 Å². The number of aryl methyl sites for hydroxylation is 1. The Morgan fingerprint density at radius 1 is 1.22 bits per heavy atom. The SMILES string of the molecule is COc1cc(Cl)c(C)cc1Nc1cccc(Cl)n1. The summed E-state index contributed by atoms with van der Waals surface area (Å²) in [4.78, 5) is 4.16. The van der Waals surface area contributed by atoms with Crippen LogP contribution in [0.4, 0.5) is 11.5 Å². The number of aromatic nitrogens is 1. The van der Waals surface area contributed by atoms with Crippen LogP contribution >= 0.6 is 23.2 Å². The van der Waals surface area contributed by atoms with Gasteiger partial charge in [-0.05, 0) is 30.7 Å². The molecule has 0 amide bonds. The summed E-state index contributed by atoms with van der Waals surface area (Å²) in [7, 11) is 1.59. The number of ether oxygens (including phenoxy) is 1. The molecule has 1 heterocycles. The lowest BCUT2D eigenvalue weighted by atomic mass is 10.2. The molecule has 0 bridgehead atoms. The maximum atomic E-state index is 6.05.